The molecular weight excluding hydrogens is 420 g/mol. The third-order valence-electron chi connectivity index (χ3n) is 4.98. The van der Waals surface area contributed by atoms with Gasteiger partial charge in [-0.1, -0.05) is 11.8 Å². The first kappa shape index (κ1) is 22.9. The summed E-state index contributed by atoms with van der Waals surface area (Å²) in [6.07, 6.45) is 5.03. The zero-order valence-electron chi connectivity index (χ0n) is 17.9. The number of ether oxygens (including phenoxy) is 1. The Morgan fingerprint density at radius 3 is 2.16 bits per heavy atom. The molecule has 0 spiro atoms. The minimum atomic E-state index is -0.336. The summed E-state index contributed by atoms with van der Waals surface area (Å²) in [7, 11) is 3.48. The number of hydrogen-bond donors (Lipinski definition) is 3. The summed E-state index contributed by atoms with van der Waals surface area (Å²) in [6, 6.07) is 3.24. The van der Waals surface area contributed by atoms with Gasteiger partial charge in [-0.25, -0.2) is 0 Å². The molecule has 1 aliphatic heterocycles. The van der Waals surface area contributed by atoms with Gasteiger partial charge in [0.25, 0.3) is 17.1 Å². The van der Waals surface area contributed by atoms with Crippen LogP contribution in [0.15, 0.2) is 24.5 Å². The minimum Gasteiger partial charge on any atom is -0.379 e. The molecule has 0 aromatic carbocycles. The molecule has 0 aliphatic carbocycles. The van der Waals surface area contributed by atoms with Gasteiger partial charge in [-0.15, -0.1) is 0 Å². The van der Waals surface area contributed by atoms with E-state index in [-0.39, 0.29) is 17.1 Å². The van der Waals surface area contributed by atoms with Crippen molar-refractivity contribution in [2.75, 3.05) is 56.3 Å². The number of morpholine rings is 1. The fourth-order valence-electron chi connectivity index (χ4n) is 3.32. The lowest BCUT2D eigenvalue weighted by atomic mass is 10.3. The van der Waals surface area contributed by atoms with Crippen LogP contribution in [0.1, 0.15) is 21.0 Å². The second-order valence-electron chi connectivity index (χ2n) is 7.23. The SMILES string of the molecule is CSC(=O)Nc1cc(C(=O)Nc2cc(C(=O)NCCN3CCOCC3)n(C)c2)n(C)c1. The van der Waals surface area contributed by atoms with E-state index in [0.29, 0.717) is 29.3 Å². The molecule has 31 heavy (non-hydrogen) atoms. The Morgan fingerprint density at radius 1 is 0.968 bits per heavy atom. The van der Waals surface area contributed by atoms with Gasteiger partial charge in [0.2, 0.25) is 0 Å². The molecular formula is C20H28N6O4S. The van der Waals surface area contributed by atoms with Crippen LogP contribution >= 0.6 is 11.8 Å². The molecule has 3 rings (SSSR count). The van der Waals surface area contributed by atoms with E-state index in [4.69, 9.17) is 4.74 Å². The number of carbonyl (C=O) groups is 3. The molecule has 10 nitrogen and oxygen atoms in total. The van der Waals surface area contributed by atoms with E-state index < -0.39 is 0 Å². The van der Waals surface area contributed by atoms with Crippen molar-refractivity contribution in [3.05, 3.63) is 35.9 Å². The van der Waals surface area contributed by atoms with E-state index in [1.807, 2.05) is 0 Å². The van der Waals surface area contributed by atoms with Gasteiger partial charge in [0, 0.05) is 52.7 Å². The molecule has 0 saturated carbocycles. The van der Waals surface area contributed by atoms with Gasteiger partial charge < -0.3 is 29.8 Å². The lowest BCUT2D eigenvalue weighted by Crippen LogP contribution is -2.41. The molecule has 1 saturated heterocycles. The van der Waals surface area contributed by atoms with Crippen LogP contribution in [0.5, 0.6) is 0 Å². The van der Waals surface area contributed by atoms with Crippen molar-refractivity contribution < 1.29 is 19.1 Å². The van der Waals surface area contributed by atoms with E-state index in [9.17, 15) is 14.4 Å². The van der Waals surface area contributed by atoms with Crippen molar-refractivity contribution in [1.82, 2.24) is 19.4 Å². The second-order valence-corrected chi connectivity index (χ2v) is 8.01. The summed E-state index contributed by atoms with van der Waals surface area (Å²) in [5.74, 6) is -0.533. The van der Waals surface area contributed by atoms with Crippen molar-refractivity contribution in [2.24, 2.45) is 14.1 Å². The van der Waals surface area contributed by atoms with Crippen LogP contribution in [0.4, 0.5) is 16.2 Å². The largest absolute Gasteiger partial charge is 0.379 e. The van der Waals surface area contributed by atoms with Crippen LogP contribution in [-0.4, -0.2) is 76.7 Å². The maximum atomic E-state index is 12.7. The molecule has 1 fully saturated rings. The highest BCUT2D eigenvalue weighted by Gasteiger charge is 2.17. The Labute approximate surface area is 185 Å². The molecule has 0 radical (unpaired) electrons. The lowest BCUT2D eigenvalue weighted by molar-refractivity contribution is 0.0383. The Morgan fingerprint density at radius 2 is 1.55 bits per heavy atom. The lowest BCUT2D eigenvalue weighted by Gasteiger charge is -2.26. The molecule has 3 heterocycles. The van der Waals surface area contributed by atoms with E-state index in [2.05, 4.69) is 20.9 Å². The van der Waals surface area contributed by atoms with E-state index in [1.54, 1.807) is 54.0 Å². The predicted molar refractivity (Wildman–Crippen MR) is 121 cm³/mol. The normalized spacial score (nSPS) is 14.3. The van der Waals surface area contributed by atoms with Crippen LogP contribution < -0.4 is 16.0 Å². The fourth-order valence-corrected chi connectivity index (χ4v) is 3.54. The first-order valence-corrected chi connectivity index (χ1v) is 11.2. The molecule has 3 N–H and O–H groups in total. The Hall–Kier alpha value is -2.76. The van der Waals surface area contributed by atoms with Gasteiger partial charge >= 0.3 is 0 Å². The predicted octanol–water partition coefficient (Wildman–Crippen LogP) is 1.57. The number of hydrogen-bond acceptors (Lipinski definition) is 6. The second kappa shape index (κ2) is 10.5. The van der Waals surface area contributed by atoms with Gasteiger partial charge in [-0.2, -0.15) is 0 Å². The van der Waals surface area contributed by atoms with Crippen LogP contribution in [0.25, 0.3) is 0 Å². The molecule has 0 atom stereocenters. The number of carbonyl (C=O) groups excluding carboxylic acids is 3. The van der Waals surface area contributed by atoms with Gasteiger partial charge in [0.15, 0.2) is 0 Å². The fraction of sp³-hybridized carbons (Fsp3) is 0.450. The topological polar surface area (TPSA) is 110 Å². The van der Waals surface area contributed by atoms with Crippen LogP contribution in [0.2, 0.25) is 0 Å². The van der Waals surface area contributed by atoms with Crippen molar-refractivity contribution in [1.29, 1.82) is 0 Å². The zero-order valence-corrected chi connectivity index (χ0v) is 18.8. The standard InChI is InChI=1S/C20H28N6O4S/c1-24-12-14(10-16(24)18(27)21-4-5-26-6-8-30-9-7-26)22-19(28)17-11-15(13-25(17)2)23-20(29)31-3/h10-13H,4-9H2,1-3H3,(H,21,27)(H,22,28)(H,23,29). The summed E-state index contributed by atoms with van der Waals surface area (Å²) in [5, 5.41) is 8.22. The molecule has 0 unspecified atom stereocenters. The van der Waals surface area contributed by atoms with E-state index in [0.717, 1.165) is 44.6 Å². The van der Waals surface area contributed by atoms with Crippen molar-refractivity contribution in [3.63, 3.8) is 0 Å². The summed E-state index contributed by atoms with van der Waals surface area (Å²) in [5.41, 5.74) is 1.90. The number of anilines is 2. The number of amides is 3. The number of aryl methyl sites for hydroxylation is 2. The van der Waals surface area contributed by atoms with Crippen LogP contribution in [0, 0.1) is 0 Å². The number of thioether (sulfide) groups is 1. The molecule has 2 aromatic heterocycles. The van der Waals surface area contributed by atoms with Crippen LogP contribution in [-0.2, 0) is 18.8 Å². The molecule has 3 amide bonds. The van der Waals surface area contributed by atoms with Gasteiger partial charge in [-0.3, -0.25) is 19.3 Å². The van der Waals surface area contributed by atoms with Crippen molar-refractivity contribution in [2.45, 2.75) is 0 Å². The van der Waals surface area contributed by atoms with Gasteiger partial charge in [0.05, 0.1) is 24.6 Å². The monoisotopic (exact) mass is 448 g/mol. The quantitative estimate of drug-likeness (QED) is 0.593. The highest BCUT2D eigenvalue weighted by Crippen LogP contribution is 2.18. The Bertz CT molecular complexity index is 948. The average Bonchev–Trinajstić information content (AvgIpc) is 3.30. The Balaban J connectivity index is 1.57. The minimum absolute atomic E-state index is 0.197. The average molecular weight is 449 g/mol. The third kappa shape index (κ3) is 6.12. The molecule has 2 aromatic rings. The summed E-state index contributed by atoms with van der Waals surface area (Å²) < 4.78 is 8.63. The number of rotatable bonds is 7. The summed E-state index contributed by atoms with van der Waals surface area (Å²) in [4.78, 5) is 39.0. The Kier molecular flexibility index (Phi) is 7.77. The number of aromatic nitrogens is 2. The van der Waals surface area contributed by atoms with Gasteiger partial charge in [-0.05, 0) is 18.4 Å². The maximum absolute atomic E-state index is 12.7. The highest BCUT2D eigenvalue weighted by atomic mass is 32.2. The maximum Gasteiger partial charge on any atom is 0.283 e. The van der Waals surface area contributed by atoms with Gasteiger partial charge in [0.1, 0.15) is 11.4 Å². The van der Waals surface area contributed by atoms with Crippen molar-refractivity contribution >= 4 is 40.2 Å². The molecule has 168 valence electrons. The van der Waals surface area contributed by atoms with E-state index in [1.165, 1.54) is 0 Å². The van der Waals surface area contributed by atoms with Crippen molar-refractivity contribution in [3.8, 4) is 0 Å². The molecule has 11 heteroatoms. The summed E-state index contributed by atoms with van der Waals surface area (Å²) >= 11 is 1.06. The molecule has 1 aliphatic rings. The zero-order chi connectivity index (χ0) is 22.4. The van der Waals surface area contributed by atoms with Crippen LogP contribution in [0.3, 0.4) is 0 Å². The van der Waals surface area contributed by atoms with E-state index >= 15 is 0 Å². The summed E-state index contributed by atoms with van der Waals surface area (Å²) in [6.45, 7) is 4.50. The first-order chi connectivity index (χ1) is 14.9. The number of nitrogens with one attached hydrogen (secondary N) is 3. The third-order valence-corrected chi connectivity index (χ3v) is 5.45. The number of nitrogens with zero attached hydrogens (tertiary/aromatic N) is 3. The highest BCUT2D eigenvalue weighted by molar-refractivity contribution is 8.13. The molecule has 0 bridgehead atoms. The smallest absolute Gasteiger partial charge is 0.283 e. The first-order valence-electron chi connectivity index (χ1n) is 9.94.